The van der Waals surface area contributed by atoms with E-state index in [1.807, 2.05) is 49.4 Å². The Morgan fingerprint density at radius 1 is 1.11 bits per heavy atom. The van der Waals surface area contributed by atoms with E-state index in [9.17, 15) is 4.79 Å². The highest BCUT2D eigenvalue weighted by molar-refractivity contribution is 9.10. The summed E-state index contributed by atoms with van der Waals surface area (Å²) in [6.07, 6.45) is 0. The summed E-state index contributed by atoms with van der Waals surface area (Å²) in [7, 11) is 0. The van der Waals surface area contributed by atoms with Crippen LogP contribution in [0.25, 0.3) is 0 Å². The van der Waals surface area contributed by atoms with Crippen molar-refractivity contribution in [1.82, 2.24) is 15.6 Å². The number of carbonyl (C=O) groups excluding carboxylic acids is 1. The van der Waals surface area contributed by atoms with Gasteiger partial charge in [0.15, 0.2) is 8.68 Å². The molecule has 0 radical (unpaired) electrons. The second-order valence-electron chi connectivity index (χ2n) is 5.64. The van der Waals surface area contributed by atoms with Gasteiger partial charge in [-0.05, 0) is 30.2 Å². The molecule has 0 saturated heterocycles. The number of hydrogen-bond donors (Lipinski definition) is 1. The van der Waals surface area contributed by atoms with Crippen LogP contribution < -0.4 is 5.43 Å². The maximum atomic E-state index is 12.0. The molecule has 0 saturated carbocycles. The van der Waals surface area contributed by atoms with Crippen LogP contribution in [0.1, 0.15) is 18.1 Å². The largest absolute Gasteiger partial charge is 0.272 e. The first-order chi connectivity index (χ1) is 13.6. The monoisotopic (exact) mass is 492 g/mol. The van der Waals surface area contributed by atoms with Crippen molar-refractivity contribution < 1.29 is 4.79 Å². The van der Waals surface area contributed by atoms with Gasteiger partial charge >= 0.3 is 0 Å². The number of nitrogens with zero attached hydrogens (tertiary/aromatic N) is 3. The molecule has 1 aromatic heterocycles. The van der Waals surface area contributed by atoms with Crippen LogP contribution in [0.3, 0.4) is 0 Å². The molecule has 0 aliphatic heterocycles. The number of thioether (sulfide) groups is 2. The maximum Gasteiger partial charge on any atom is 0.250 e. The smallest absolute Gasteiger partial charge is 0.250 e. The fourth-order valence-electron chi connectivity index (χ4n) is 2.12. The lowest BCUT2D eigenvalue weighted by Gasteiger charge is -2.02. The van der Waals surface area contributed by atoms with Gasteiger partial charge in [-0.3, -0.25) is 4.79 Å². The van der Waals surface area contributed by atoms with Crippen molar-refractivity contribution in [1.29, 1.82) is 0 Å². The van der Waals surface area contributed by atoms with E-state index in [0.717, 1.165) is 30.2 Å². The first-order valence-corrected chi connectivity index (χ1v) is 11.9. The van der Waals surface area contributed by atoms with Crippen molar-refractivity contribution in [2.75, 3.05) is 5.75 Å². The van der Waals surface area contributed by atoms with E-state index < -0.39 is 0 Å². The summed E-state index contributed by atoms with van der Waals surface area (Å²) >= 11 is 7.94. The van der Waals surface area contributed by atoms with E-state index in [-0.39, 0.29) is 11.7 Å². The van der Waals surface area contributed by atoms with Crippen LogP contribution in [-0.4, -0.2) is 27.6 Å². The van der Waals surface area contributed by atoms with E-state index in [0.29, 0.717) is 0 Å². The summed E-state index contributed by atoms with van der Waals surface area (Å²) in [5, 5.41) is 12.5. The second-order valence-corrected chi connectivity index (χ2v) is 9.98. The van der Waals surface area contributed by atoms with Crippen molar-refractivity contribution in [2.24, 2.45) is 5.10 Å². The van der Waals surface area contributed by atoms with Gasteiger partial charge in [0, 0.05) is 10.2 Å². The number of hydrogen-bond acceptors (Lipinski definition) is 7. The van der Waals surface area contributed by atoms with Gasteiger partial charge in [-0.2, -0.15) is 5.10 Å². The van der Waals surface area contributed by atoms with Gasteiger partial charge in [0.05, 0.1) is 11.5 Å². The minimum absolute atomic E-state index is 0.173. The van der Waals surface area contributed by atoms with Crippen molar-refractivity contribution >= 4 is 62.4 Å². The lowest BCUT2D eigenvalue weighted by molar-refractivity contribution is -0.118. The molecule has 0 aliphatic carbocycles. The Hall–Kier alpha value is -1.68. The molecule has 2 aromatic carbocycles. The van der Waals surface area contributed by atoms with E-state index in [2.05, 4.69) is 48.8 Å². The van der Waals surface area contributed by atoms with Crippen LogP contribution in [0, 0.1) is 0 Å². The first-order valence-electron chi connectivity index (χ1n) is 8.32. The zero-order chi connectivity index (χ0) is 19.8. The molecule has 144 valence electrons. The summed E-state index contributed by atoms with van der Waals surface area (Å²) in [4.78, 5) is 12.0. The fourth-order valence-corrected chi connectivity index (χ4v) is 5.28. The number of aromatic nitrogens is 2. The van der Waals surface area contributed by atoms with Crippen molar-refractivity contribution in [3.63, 3.8) is 0 Å². The van der Waals surface area contributed by atoms with E-state index in [4.69, 9.17) is 0 Å². The summed E-state index contributed by atoms with van der Waals surface area (Å²) in [5.41, 5.74) is 5.53. The molecule has 0 bridgehead atoms. The van der Waals surface area contributed by atoms with E-state index >= 15 is 0 Å². The minimum atomic E-state index is -0.173. The van der Waals surface area contributed by atoms with Crippen molar-refractivity contribution in [3.05, 3.63) is 70.2 Å². The molecule has 1 heterocycles. The molecular weight excluding hydrogens is 476 g/mol. The molecule has 5 nitrogen and oxygen atoms in total. The number of hydrazone groups is 1. The van der Waals surface area contributed by atoms with Gasteiger partial charge in [-0.1, -0.05) is 93.3 Å². The molecule has 1 amide bonds. The first kappa shape index (κ1) is 21.0. The SMILES string of the molecule is C/C(=N/NC(=O)CSc1nnc(SCc2ccccc2)s1)c1cccc(Br)c1. The van der Waals surface area contributed by atoms with Gasteiger partial charge in [-0.15, -0.1) is 10.2 Å². The van der Waals surface area contributed by atoms with Gasteiger partial charge in [0.1, 0.15) is 0 Å². The van der Waals surface area contributed by atoms with Crippen LogP contribution in [-0.2, 0) is 10.5 Å². The molecule has 3 aromatic rings. The molecule has 9 heteroatoms. The van der Waals surface area contributed by atoms with E-state index in [1.165, 1.54) is 28.7 Å². The topological polar surface area (TPSA) is 67.2 Å². The number of carbonyl (C=O) groups is 1. The van der Waals surface area contributed by atoms with Crippen LogP contribution in [0.4, 0.5) is 0 Å². The summed E-state index contributed by atoms with van der Waals surface area (Å²) < 4.78 is 2.65. The molecule has 0 unspecified atom stereocenters. The lowest BCUT2D eigenvalue weighted by atomic mass is 10.1. The third-order valence-corrected chi connectivity index (χ3v) is 7.26. The fraction of sp³-hybridized carbons (Fsp3) is 0.158. The third-order valence-electron chi connectivity index (χ3n) is 3.51. The average Bonchev–Trinajstić information content (AvgIpc) is 3.17. The Kier molecular flexibility index (Phi) is 8.08. The zero-order valence-corrected chi connectivity index (χ0v) is 19.0. The summed E-state index contributed by atoms with van der Waals surface area (Å²) in [6, 6.07) is 18.0. The van der Waals surface area contributed by atoms with E-state index in [1.54, 1.807) is 11.8 Å². The Balaban J connectivity index is 1.44. The van der Waals surface area contributed by atoms with Gasteiger partial charge < -0.3 is 0 Å². The second kappa shape index (κ2) is 10.8. The highest BCUT2D eigenvalue weighted by atomic mass is 79.9. The standard InChI is InChI=1S/C19H17BrN4OS3/c1-13(15-8-5-9-16(20)10-15)21-22-17(25)12-27-19-24-23-18(28-19)26-11-14-6-3-2-4-7-14/h2-10H,11-12H2,1H3,(H,22,25)/b21-13-. The quantitative estimate of drug-likeness (QED) is 0.265. The molecule has 0 spiro atoms. The Morgan fingerprint density at radius 3 is 2.61 bits per heavy atom. The molecule has 0 atom stereocenters. The van der Waals surface area contributed by atoms with Crippen LogP contribution in [0.15, 0.2) is 72.9 Å². The van der Waals surface area contributed by atoms with Gasteiger partial charge in [-0.25, -0.2) is 5.43 Å². The maximum absolute atomic E-state index is 12.0. The Labute approximate surface area is 184 Å². The molecular formula is C19H17BrN4OS3. The van der Waals surface area contributed by atoms with Crippen molar-refractivity contribution in [3.8, 4) is 0 Å². The summed E-state index contributed by atoms with van der Waals surface area (Å²) in [5.74, 6) is 0.922. The Morgan fingerprint density at radius 2 is 1.86 bits per heavy atom. The number of rotatable bonds is 8. The molecule has 0 fully saturated rings. The highest BCUT2D eigenvalue weighted by Crippen LogP contribution is 2.30. The average molecular weight is 493 g/mol. The molecule has 1 N–H and O–H groups in total. The summed E-state index contributed by atoms with van der Waals surface area (Å²) in [6.45, 7) is 1.86. The lowest BCUT2D eigenvalue weighted by Crippen LogP contribution is -2.21. The number of benzene rings is 2. The normalized spacial score (nSPS) is 11.4. The Bertz CT molecular complexity index is 963. The predicted octanol–water partition coefficient (Wildman–Crippen LogP) is 5.23. The minimum Gasteiger partial charge on any atom is -0.272 e. The molecule has 0 aliphatic rings. The van der Waals surface area contributed by atoms with Crippen molar-refractivity contribution in [2.45, 2.75) is 21.4 Å². The number of nitrogens with one attached hydrogen (secondary N) is 1. The van der Waals surface area contributed by atoms with Gasteiger partial charge in [0.2, 0.25) is 0 Å². The van der Waals surface area contributed by atoms with Crippen LogP contribution in [0.2, 0.25) is 0 Å². The third kappa shape index (κ3) is 6.73. The highest BCUT2D eigenvalue weighted by Gasteiger charge is 2.09. The van der Waals surface area contributed by atoms with Crippen LogP contribution in [0.5, 0.6) is 0 Å². The number of halogens is 1. The predicted molar refractivity (Wildman–Crippen MR) is 121 cm³/mol. The zero-order valence-electron chi connectivity index (χ0n) is 15.0. The van der Waals surface area contributed by atoms with Gasteiger partial charge in [0.25, 0.3) is 5.91 Å². The molecule has 28 heavy (non-hydrogen) atoms. The van der Waals surface area contributed by atoms with Crippen LogP contribution >= 0.6 is 50.8 Å². The number of amides is 1. The molecule has 3 rings (SSSR count).